The van der Waals surface area contributed by atoms with E-state index in [-0.39, 0.29) is 28.5 Å². The standard InChI is InChI=1S/C29H28F3NO2S/c30-29(31,32)19-10-8-18(9-11-19)27(35)25-24(22-7-3-14-36-22)23-20(33-26(25)17-5-1-2-6-17)15-28(12-4-13-28)16-21(23)34/h3,7-11,14,17,24,33H,1-2,4-6,12-13,15-16H2. The van der Waals surface area contributed by atoms with E-state index < -0.39 is 17.7 Å². The fraction of sp³-hybridized carbons (Fsp3) is 0.448. The number of dihydropyridines is 1. The maximum atomic E-state index is 14.1. The zero-order chi connectivity index (χ0) is 25.1. The van der Waals surface area contributed by atoms with Crippen LogP contribution in [0, 0.1) is 11.3 Å². The van der Waals surface area contributed by atoms with Crippen molar-refractivity contribution in [1.29, 1.82) is 0 Å². The second-order valence-corrected chi connectivity index (χ2v) is 11.8. The van der Waals surface area contributed by atoms with Crippen molar-refractivity contribution in [2.45, 2.75) is 69.9 Å². The summed E-state index contributed by atoms with van der Waals surface area (Å²) in [5.74, 6) is -0.481. The van der Waals surface area contributed by atoms with Gasteiger partial charge in [0.25, 0.3) is 0 Å². The van der Waals surface area contributed by atoms with Crippen LogP contribution in [0.1, 0.15) is 84.5 Å². The van der Waals surface area contributed by atoms with Gasteiger partial charge >= 0.3 is 6.18 Å². The van der Waals surface area contributed by atoms with Crippen LogP contribution in [0.15, 0.2) is 64.3 Å². The lowest BCUT2D eigenvalue weighted by Gasteiger charge is -2.48. The van der Waals surface area contributed by atoms with Gasteiger partial charge in [0.05, 0.1) is 11.5 Å². The number of halogens is 3. The second kappa shape index (κ2) is 8.72. The first kappa shape index (κ1) is 23.7. The van der Waals surface area contributed by atoms with Crippen LogP contribution in [-0.4, -0.2) is 11.6 Å². The predicted molar refractivity (Wildman–Crippen MR) is 133 cm³/mol. The van der Waals surface area contributed by atoms with Gasteiger partial charge in [0.2, 0.25) is 0 Å². The Kier molecular flexibility index (Phi) is 5.74. The van der Waals surface area contributed by atoms with Crippen molar-refractivity contribution in [3.8, 4) is 0 Å². The smallest absolute Gasteiger partial charge is 0.361 e. The molecular formula is C29H28F3NO2S. The van der Waals surface area contributed by atoms with Crippen LogP contribution in [0.25, 0.3) is 0 Å². The molecule has 1 unspecified atom stereocenters. The summed E-state index contributed by atoms with van der Waals surface area (Å²) < 4.78 is 39.5. The second-order valence-electron chi connectivity index (χ2n) is 10.8. The quantitative estimate of drug-likeness (QED) is 0.431. The third-order valence-electron chi connectivity index (χ3n) is 8.59. The highest BCUT2D eigenvalue weighted by molar-refractivity contribution is 7.10. The highest BCUT2D eigenvalue weighted by Crippen LogP contribution is 2.56. The van der Waals surface area contributed by atoms with Gasteiger partial charge in [0, 0.05) is 39.4 Å². The van der Waals surface area contributed by atoms with Crippen LogP contribution in [0.2, 0.25) is 0 Å². The van der Waals surface area contributed by atoms with Gasteiger partial charge in [-0.05, 0) is 67.0 Å². The number of hydrogen-bond acceptors (Lipinski definition) is 4. The molecule has 1 spiro atoms. The number of rotatable bonds is 4. The van der Waals surface area contributed by atoms with Crippen molar-refractivity contribution in [3.63, 3.8) is 0 Å². The topological polar surface area (TPSA) is 46.2 Å². The first-order chi connectivity index (χ1) is 17.3. The molecule has 2 fully saturated rings. The number of alkyl halides is 3. The van der Waals surface area contributed by atoms with Crippen LogP contribution in [0.3, 0.4) is 0 Å². The maximum absolute atomic E-state index is 14.1. The van der Waals surface area contributed by atoms with Crippen molar-refractivity contribution < 1.29 is 22.8 Å². The normalized spacial score (nSPS) is 24.1. The van der Waals surface area contributed by atoms with Gasteiger partial charge in [-0.25, -0.2) is 0 Å². The van der Waals surface area contributed by atoms with Crippen molar-refractivity contribution >= 4 is 22.9 Å². The summed E-state index contributed by atoms with van der Waals surface area (Å²) in [6, 6.07) is 8.38. The third-order valence-corrected chi connectivity index (χ3v) is 9.53. The van der Waals surface area contributed by atoms with Gasteiger partial charge in [-0.1, -0.05) is 37.5 Å². The maximum Gasteiger partial charge on any atom is 0.416 e. The Balaban J connectivity index is 1.49. The van der Waals surface area contributed by atoms with Gasteiger partial charge in [-0.2, -0.15) is 13.2 Å². The third kappa shape index (κ3) is 3.96. The lowest BCUT2D eigenvalue weighted by molar-refractivity contribution is -0.137. The molecule has 188 valence electrons. The van der Waals surface area contributed by atoms with Gasteiger partial charge in [0.1, 0.15) is 0 Å². The number of carbonyl (C=O) groups is 2. The number of thiophene rings is 1. The lowest BCUT2D eigenvalue weighted by Crippen LogP contribution is -2.44. The highest BCUT2D eigenvalue weighted by atomic mass is 32.1. The highest BCUT2D eigenvalue weighted by Gasteiger charge is 2.49. The number of allylic oxidation sites excluding steroid dienone is 4. The molecule has 2 aromatic rings. The Bertz CT molecular complexity index is 1260. The average molecular weight is 512 g/mol. The Morgan fingerprint density at radius 1 is 1.00 bits per heavy atom. The molecule has 0 saturated heterocycles. The molecule has 4 aliphatic rings. The molecule has 2 saturated carbocycles. The number of hydrogen-bond donors (Lipinski definition) is 1. The summed E-state index contributed by atoms with van der Waals surface area (Å²) in [5, 5.41) is 5.57. The van der Waals surface area contributed by atoms with E-state index in [1.165, 1.54) is 23.5 Å². The Morgan fingerprint density at radius 2 is 1.72 bits per heavy atom. The lowest BCUT2D eigenvalue weighted by atomic mass is 9.58. The molecule has 0 radical (unpaired) electrons. The SMILES string of the molecule is O=C1CC2(CCC2)CC2=C1C(c1cccs1)C(C(=O)c1ccc(C(F)(F)F)cc1)=C(C1CCCC1)N2. The van der Waals surface area contributed by atoms with E-state index in [4.69, 9.17) is 0 Å². The molecule has 3 aliphatic carbocycles. The van der Waals surface area contributed by atoms with E-state index in [2.05, 4.69) is 5.32 Å². The summed E-state index contributed by atoms with van der Waals surface area (Å²) in [5.41, 5.74) is 2.57. The van der Waals surface area contributed by atoms with Crippen LogP contribution in [0.5, 0.6) is 0 Å². The first-order valence-electron chi connectivity index (χ1n) is 12.8. The van der Waals surface area contributed by atoms with Crippen LogP contribution >= 0.6 is 11.3 Å². The molecular weight excluding hydrogens is 483 g/mol. The van der Waals surface area contributed by atoms with Crippen LogP contribution in [-0.2, 0) is 11.0 Å². The van der Waals surface area contributed by atoms with E-state index in [0.717, 1.165) is 79.8 Å². The van der Waals surface area contributed by atoms with Crippen molar-refractivity contribution in [2.24, 2.45) is 11.3 Å². The van der Waals surface area contributed by atoms with E-state index in [1.807, 2.05) is 17.5 Å². The van der Waals surface area contributed by atoms with Gasteiger partial charge in [0.15, 0.2) is 11.6 Å². The molecule has 1 atom stereocenters. The van der Waals surface area contributed by atoms with E-state index in [0.29, 0.717) is 17.6 Å². The largest absolute Gasteiger partial charge is 0.416 e. The van der Waals surface area contributed by atoms with E-state index in [9.17, 15) is 22.8 Å². The molecule has 0 amide bonds. The number of benzene rings is 1. The fourth-order valence-electron chi connectivity index (χ4n) is 6.64. The predicted octanol–water partition coefficient (Wildman–Crippen LogP) is 7.57. The van der Waals surface area contributed by atoms with Crippen molar-refractivity contribution in [2.75, 3.05) is 0 Å². The number of Topliss-reactive ketones (excluding diaryl/α,β-unsaturated/α-hetero) is 2. The monoisotopic (exact) mass is 511 g/mol. The zero-order valence-corrected chi connectivity index (χ0v) is 20.7. The molecule has 1 aliphatic heterocycles. The minimum atomic E-state index is -4.46. The minimum absolute atomic E-state index is 0.0403. The van der Waals surface area contributed by atoms with Crippen molar-refractivity contribution in [3.05, 3.63) is 80.3 Å². The Hall–Kier alpha value is -2.67. The van der Waals surface area contributed by atoms with Gasteiger partial charge in [-0.3, -0.25) is 9.59 Å². The summed E-state index contributed by atoms with van der Waals surface area (Å²) in [7, 11) is 0. The molecule has 1 N–H and O–H groups in total. The summed E-state index contributed by atoms with van der Waals surface area (Å²) in [4.78, 5) is 28.7. The molecule has 6 rings (SSSR count). The molecule has 2 heterocycles. The number of nitrogens with one attached hydrogen (secondary N) is 1. The van der Waals surface area contributed by atoms with Gasteiger partial charge < -0.3 is 5.32 Å². The van der Waals surface area contributed by atoms with Crippen molar-refractivity contribution in [1.82, 2.24) is 5.32 Å². The summed E-state index contributed by atoms with van der Waals surface area (Å²) >= 11 is 1.52. The molecule has 3 nitrogen and oxygen atoms in total. The Morgan fingerprint density at radius 3 is 2.31 bits per heavy atom. The number of carbonyl (C=O) groups excluding carboxylic acids is 2. The molecule has 7 heteroatoms. The first-order valence-corrected chi connectivity index (χ1v) is 13.7. The van der Waals surface area contributed by atoms with Gasteiger partial charge in [-0.15, -0.1) is 11.3 Å². The molecule has 0 bridgehead atoms. The van der Waals surface area contributed by atoms with Crippen LogP contribution in [0.4, 0.5) is 13.2 Å². The fourth-order valence-corrected chi connectivity index (χ4v) is 7.48. The summed E-state index contributed by atoms with van der Waals surface area (Å²) in [6.07, 6.45) is 4.22. The molecule has 36 heavy (non-hydrogen) atoms. The van der Waals surface area contributed by atoms with Crippen LogP contribution < -0.4 is 5.32 Å². The molecule has 1 aromatic heterocycles. The Labute approximate surface area is 212 Å². The van der Waals surface area contributed by atoms with E-state index >= 15 is 0 Å². The van der Waals surface area contributed by atoms with E-state index in [1.54, 1.807) is 0 Å². The summed E-state index contributed by atoms with van der Waals surface area (Å²) in [6.45, 7) is 0. The number of ketones is 2. The average Bonchev–Trinajstić information content (AvgIpc) is 3.55. The zero-order valence-electron chi connectivity index (χ0n) is 19.9. The molecule has 1 aromatic carbocycles. The minimum Gasteiger partial charge on any atom is -0.361 e.